The predicted octanol–water partition coefficient (Wildman–Crippen LogP) is 35.7. The maximum Gasteiger partial charge on any atom is 0.0626 e. The standard InChI is InChI=1S/C48H29N.2C40H23N/c1-2-15-32-29-33(26-25-30(32)13-1)44-36-18-6-9-21-40(36)47(41-22-10-7-19-37(41)44)49-43-24-12-11-23-42(43)46-45-34-16-4-3-14-31(34)27-28-38(45)35-17-5-8-20-39(35)48(46)49;1-2-11-30-24(8-1)20-21-32-31-12-3-4-13-33(31)40-39(38(30)32)34-14-5-6-15-35(34)41(40)29-22-27-18-16-25-9-7-10-26-17-19-28(23-29)37(27)36(25)26;1-2-11-28-24(8-1)18-21-30-29-12-3-4-13-31(29)40-39(38(28)30)32-14-5-6-15-34(32)41(40)35-23-20-27-17-16-25-9-7-10-26-19-22-33(35)37(27)36(25)26/h1-29H;2*1-23H. The maximum absolute atomic E-state index is 2.59. The molecule has 0 aliphatic carbocycles. The number of benzene rings is 28. The van der Waals surface area contributed by atoms with E-state index in [1.165, 1.54) is 288 Å². The molecule has 0 unspecified atom stereocenters. The highest BCUT2D eigenvalue weighted by atomic mass is 15.0. The molecule has 0 N–H and O–H groups in total. The van der Waals surface area contributed by atoms with Crippen LogP contribution in [0, 0.1) is 0 Å². The Hall–Kier alpha value is -17.2. The summed E-state index contributed by atoms with van der Waals surface area (Å²) in [4.78, 5) is 0. The van der Waals surface area contributed by atoms with E-state index in [1.807, 2.05) is 0 Å². The number of aromatic nitrogens is 3. The van der Waals surface area contributed by atoms with Gasteiger partial charge in [0.1, 0.15) is 0 Å². The topological polar surface area (TPSA) is 14.8 Å². The highest BCUT2D eigenvalue weighted by Crippen LogP contribution is 2.53. The molecule has 0 aliphatic heterocycles. The third-order valence-corrected chi connectivity index (χ3v) is 29.2. The third-order valence-electron chi connectivity index (χ3n) is 29.2. The average molecular weight is 1660 g/mol. The van der Waals surface area contributed by atoms with Crippen molar-refractivity contribution in [1.82, 2.24) is 13.7 Å². The summed E-state index contributed by atoms with van der Waals surface area (Å²) >= 11 is 0. The first-order valence-electron chi connectivity index (χ1n) is 45.6. The smallest absolute Gasteiger partial charge is 0.0626 e. The predicted molar refractivity (Wildman–Crippen MR) is 565 cm³/mol. The minimum absolute atomic E-state index is 1.20. The van der Waals surface area contributed by atoms with Crippen molar-refractivity contribution in [2.75, 3.05) is 0 Å². The van der Waals surface area contributed by atoms with Gasteiger partial charge in [-0.05, 0) is 199 Å². The van der Waals surface area contributed by atoms with Crippen LogP contribution in [0.15, 0.2) is 455 Å². The second-order valence-corrected chi connectivity index (χ2v) is 35.8. The van der Waals surface area contributed by atoms with Gasteiger partial charge in [-0.1, -0.05) is 413 Å². The molecule has 31 aromatic rings. The van der Waals surface area contributed by atoms with Gasteiger partial charge in [-0.2, -0.15) is 0 Å². The van der Waals surface area contributed by atoms with Gasteiger partial charge in [0.25, 0.3) is 0 Å². The lowest BCUT2D eigenvalue weighted by molar-refractivity contribution is 1.20. The minimum atomic E-state index is 1.20. The van der Waals surface area contributed by atoms with E-state index in [0.29, 0.717) is 0 Å². The summed E-state index contributed by atoms with van der Waals surface area (Å²) in [5.41, 5.74) is 13.7. The van der Waals surface area contributed by atoms with Gasteiger partial charge in [-0.25, -0.2) is 0 Å². The van der Waals surface area contributed by atoms with Crippen LogP contribution >= 0.6 is 0 Å². The Bertz CT molecular complexity index is 10300. The fourth-order valence-corrected chi connectivity index (χ4v) is 23.8. The normalized spacial score (nSPS) is 12.3. The number of hydrogen-bond donors (Lipinski definition) is 0. The zero-order valence-electron chi connectivity index (χ0n) is 71.1. The zero-order chi connectivity index (χ0) is 85.4. The Kier molecular flexibility index (Phi) is 15.2. The van der Waals surface area contributed by atoms with Crippen LogP contribution in [0.25, 0.3) is 288 Å². The Morgan fingerprint density at radius 1 is 0.130 bits per heavy atom. The summed E-state index contributed by atoms with van der Waals surface area (Å²) in [6.45, 7) is 0. The van der Waals surface area contributed by atoms with Gasteiger partial charge in [-0.15, -0.1) is 0 Å². The first kappa shape index (κ1) is 72.0. The monoisotopic (exact) mass is 1650 g/mol. The molecule has 0 bridgehead atoms. The lowest BCUT2D eigenvalue weighted by Crippen LogP contribution is -1.99. The molecule has 28 aromatic carbocycles. The zero-order valence-corrected chi connectivity index (χ0v) is 71.1. The molecule has 0 aliphatic rings. The molecule has 3 aromatic heterocycles. The van der Waals surface area contributed by atoms with E-state index < -0.39 is 0 Å². The lowest BCUT2D eigenvalue weighted by atomic mass is 9.89. The van der Waals surface area contributed by atoms with Crippen LogP contribution in [0.5, 0.6) is 0 Å². The van der Waals surface area contributed by atoms with Crippen LogP contribution in [-0.4, -0.2) is 13.7 Å². The fourth-order valence-electron chi connectivity index (χ4n) is 23.8. The van der Waals surface area contributed by atoms with E-state index >= 15 is 0 Å². The molecule has 0 atom stereocenters. The summed E-state index contributed by atoms with van der Waals surface area (Å²) in [5.74, 6) is 0. The molecular formula is C128H75N3. The molecule has 3 heterocycles. The Morgan fingerprint density at radius 2 is 0.420 bits per heavy atom. The molecule has 3 nitrogen and oxygen atoms in total. The van der Waals surface area contributed by atoms with Crippen molar-refractivity contribution in [2.45, 2.75) is 0 Å². The molecule has 131 heavy (non-hydrogen) atoms. The Labute approximate surface area is 750 Å². The van der Waals surface area contributed by atoms with Gasteiger partial charge in [0.05, 0.1) is 44.5 Å². The molecule has 0 saturated heterocycles. The molecule has 0 saturated carbocycles. The van der Waals surface area contributed by atoms with E-state index in [2.05, 4.69) is 469 Å². The summed E-state index contributed by atoms with van der Waals surface area (Å²) < 4.78 is 7.64. The number of rotatable bonds is 4. The summed E-state index contributed by atoms with van der Waals surface area (Å²) in [6, 6.07) is 169. The average Bonchev–Trinajstić information content (AvgIpc) is 1.44. The molecule has 602 valence electrons. The van der Waals surface area contributed by atoms with Gasteiger partial charge in [0.15, 0.2) is 0 Å². The Balaban J connectivity index is 0.0000000970. The largest absolute Gasteiger partial charge is 0.309 e. The van der Waals surface area contributed by atoms with Crippen molar-refractivity contribution in [3.63, 3.8) is 0 Å². The van der Waals surface area contributed by atoms with E-state index in [9.17, 15) is 0 Å². The van der Waals surface area contributed by atoms with Crippen LogP contribution < -0.4 is 0 Å². The number of para-hydroxylation sites is 3. The first-order valence-corrected chi connectivity index (χ1v) is 45.6. The highest BCUT2D eigenvalue weighted by Gasteiger charge is 2.29. The van der Waals surface area contributed by atoms with Gasteiger partial charge < -0.3 is 13.7 Å². The number of nitrogens with zero attached hydrogens (tertiary/aromatic N) is 3. The molecule has 0 amide bonds. The van der Waals surface area contributed by atoms with Crippen LogP contribution in [0.3, 0.4) is 0 Å². The van der Waals surface area contributed by atoms with Crippen LogP contribution in [-0.2, 0) is 0 Å². The van der Waals surface area contributed by atoms with E-state index in [1.54, 1.807) is 0 Å². The molecule has 0 radical (unpaired) electrons. The highest BCUT2D eigenvalue weighted by molar-refractivity contribution is 6.41. The minimum Gasteiger partial charge on any atom is -0.309 e. The van der Waals surface area contributed by atoms with E-state index in [0.717, 1.165) is 0 Å². The number of fused-ring (bicyclic) bond motifs is 33. The van der Waals surface area contributed by atoms with Crippen molar-refractivity contribution in [3.05, 3.63) is 455 Å². The third kappa shape index (κ3) is 10.2. The summed E-state index contributed by atoms with van der Waals surface area (Å²) in [6.07, 6.45) is 0. The molecule has 0 spiro atoms. The molecular weight excluding hydrogens is 1580 g/mol. The Morgan fingerprint density at radius 3 is 0.885 bits per heavy atom. The van der Waals surface area contributed by atoms with E-state index in [4.69, 9.17) is 0 Å². The van der Waals surface area contributed by atoms with Gasteiger partial charge in [0.2, 0.25) is 0 Å². The van der Waals surface area contributed by atoms with E-state index in [-0.39, 0.29) is 0 Å². The maximum atomic E-state index is 2.59. The SMILES string of the molecule is c1ccc2c(c1)ccc1c3ccccc3c3c(c4ccccc4n3-c3cc4ccc5cccc6ccc(c3)c4c56)c21.c1ccc2c(c1)ccc1c3ccccc3c3c(c4ccccc4n3-c3ccc4ccc5cccc6ccc3c4c56)c21.c1ccc2cc(-c3c4ccccc4c(-n4c5ccccc5c5c6c7ccccc7ccc6c6ccccc6c54)c4ccccc34)ccc2c1. The number of hydrogen-bond acceptors (Lipinski definition) is 0. The second-order valence-electron chi connectivity index (χ2n) is 35.8. The lowest BCUT2D eigenvalue weighted by Gasteiger charge is -2.20. The van der Waals surface area contributed by atoms with Crippen LogP contribution in [0.1, 0.15) is 0 Å². The van der Waals surface area contributed by atoms with Crippen LogP contribution in [0.4, 0.5) is 0 Å². The van der Waals surface area contributed by atoms with Crippen molar-refractivity contribution in [2.24, 2.45) is 0 Å². The van der Waals surface area contributed by atoms with Crippen molar-refractivity contribution in [3.8, 4) is 28.2 Å². The van der Waals surface area contributed by atoms with Crippen molar-refractivity contribution >= 4 is 259 Å². The van der Waals surface area contributed by atoms with Crippen LogP contribution in [0.2, 0.25) is 0 Å². The van der Waals surface area contributed by atoms with Crippen molar-refractivity contribution in [1.29, 1.82) is 0 Å². The molecule has 31 rings (SSSR count). The second kappa shape index (κ2) is 27.6. The quantitative estimate of drug-likeness (QED) is 0.123. The molecule has 0 fully saturated rings. The summed E-state index contributed by atoms with van der Waals surface area (Å²) in [7, 11) is 0. The first-order chi connectivity index (χ1) is 65.1. The fraction of sp³-hybridized carbons (Fsp3) is 0. The van der Waals surface area contributed by atoms with Gasteiger partial charge >= 0.3 is 0 Å². The van der Waals surface area contributed by atoms with Gasteiger partial charge in [0, 0.05) is 86.5 Å². The molecule has 3 heteroatoms. The van der Waals surface area contributed by atoms with Crippen molar-refractivity contribution < 1.29 is 0 Å². The van der Waals surface area contributed by atoms with Gasteiger partial charge in [-0.3, -0.25) is 0 Å². The summed E-state index contributed by atoms with van der Waals surface area (Å²) in [5, 5.41) is 54.4.